The molecule has 0 radical (unpaired) electrons. The summed E-state index contributed by atoms with van der Waals surface area (Å²) in [4.78, 5) is 0. The third kappa shape index (κ3) is 3.27. The molecule has 0 saturated carbocycles. The molecule has 2 unspecified atom stereocenters. The molecule has 2 heteroatoms. The first-order valence-corrected chi connectivity index (χ1v) is 7.82. The maximum absolute atomic E-state index is 5.76. The van der Waals surface area contributed by atoms with Crippen molar-refractivity contribution in [2.45, 2.75) is 31.2 Å². The number of ether oxygens (including phenoxy) is 1. The first-order valence-electron chi connectivity index (χ1n) is 7.82. The second-order valence-electron chi connectivity index (χ2n) is 5.73. The van der Waals surface area contributed by atoms with Crippen LogP contribution in [0.15, 0.2) is 54.6 Å². The fourth-order valence-electron chi connectivity index (χ4n) is 3.20. The summed E-state index contributed by atoms with van der Waals surface area (Å²) in [5.74, 6) is 1.64. The lowest BCUT2D eigenvalue weighted by Crippen LogP contribution is -2.16. The van der Waals surface area contributed by atoms with Crippen LogP contribution in [-0.4, -0.2) is 13.7 Å². The predicted octanol–water partition coefficient (Wildman–Crippen LogP) is 4.29. The number of para-hydroxylation sites is 1. The first kappa shape index (κ1) is 14.2. The summed E-state index contributed by atoms with van der Waals surface area (Å²) in [6.07, 6.45) is 3.57. The molecule has 3 rings (SSSR count). The standard InChI is InChI=1S/C19H23NO/c1-20-18(15-8-3-2-4-9-15)12-7-10-16-14-21-19-13-6-5-11-17(16)19/h2-6,8-9,11,13,16,18,20H,7,10,12,14H2,1H3. The molecule has 2 nitrogen and oxygen atoms in total. The van der Waals surface area contributed by atoms with Crippen molar-refractivity contribution in [2.75, 3.05) is 13.7 Å². The monoisotopic (exact) mass is 281 g/mol. The van der Waals surface area contributed by atoms with Crippen LogP contribution in [0.5, 0.6) is 5.75 Å². The Hall–Kier alpha value is -1.80. The highest BCUT2D eigenvalue weighted by molar-refractivity contribution is 5.39. The van der Waals surface area contributed by atoms with E-state index in [2.05, 4.69) is 53.8 Å². The highest BCUT2D eigenvalue weighted by Crippen LogP contribution is 2.36. The molecule has 2 aromatic carbocycles. The van der Waals surface area contributed by atoms with Crippen molar-refractivity contribution in [1.29, 1.82) is 0 Å². The van der Waals surface area contributed by atoms with Gasteiger partial charge in [0, 0.05) is 17.5 Å². The van der Waals surface area contributed by atoms with Crippen molar-refractivity contribution in [3.8, 4) is 5.75 Å². The van der Waals surface area contributed by atoms with Gasteiger partial charge in [-0.25, -0.2) is 0 Å². The van der Waals surface area contributed by atoms with E-state index in [-0.39, 0.29) is 0 Å². The SMILES string of the molecule is CNC(CCCC1COc2ccccc21)c1ccccc1. The van der Waals surface area contributed by atoms with Gasteiger partial charge in [0.1, 0.15) is 5.75 Å². The van der Waals surface area contributed by atoms with Crippen LogP contribution in [0.3, 0.4) is 0 Å². The molecule has 0 bridgehead atoms. The molecule has 21 heavy (non-hydrogen) atoms. The van der Waals surface area contributed by atoms with E-state index < -0.39 is 0 Å². The average Bonchev–Trinajstić information content (AvgIpc) is 2.96. The second kappa shape index (κ2) is 6.77. The van der Waals surface area contributed by atoms with Crippen LogP contribution < -0.4 is 10.1 Å². The van der Waals surface area contributed by atoms with Gasteiger partial charge < -0.3 is 10.1 Å². The molecule has 2 atom stereocenters. The van der Waals surface area contributed by atoms with Crippen molar-refractivity contribution in [3.63, 3.8) is 0 Å². The summed E-state index contributed by atoms with van der Waals surface area (Å²) < 4.78 is 5.76. The summed E-state index contributed by atoms with van der Waals surface area (Å²) in [7, 11) is 2.05. The zero-order valence-corrected chi connectivity index (χ0v) is 12.6. The van der Waals surface area contributed by atoms with Crippen molar-refractivity contribution >= 4 is 0 Å². The van der Waals surface area contributed by atoms with Gasteiger partial charge in [0.2, 0.25) is 0 Å². The molecule has 1 N–H and O–H groups in total. The zero-order valence-electron chi connectivity index (χ0n) is 12.6. The van der Waals surface area contributed by atoms with E-state index >= 15 is 0 Å². The summed E-state index contributed by atoms with van der Waals surface area (Å²) in [5.41, 5.74) is 2.77. The van der Waals surface area contributed by atoms with Crippen LogP contribution in [-0.2, 0) is 0 Å². The highest BCUT2D eigenvalue weighted by Gasteiger charge is 2.23. The molecule has 110 valence electrons. The molecule has 1 heterocycles. The van der Waals surface area contributed by atoms with Gasteiger partial charge in [-0.3, -0.25) is 0 Å². The van der Waals surface area contributed by atoms with Gasteiger partial charge in [0.15, 0.2) is 0 Å². The number of hydrogen-bond donors (Lipinski definition) is 1. The molecule has 1 aliphatic heterocycles. The molecule has 2 aromatic rings. The minimum absolute atomic E-state index is 0.448. The van der Waals surface area contributed by atoms with E-state index in [4.69, 9.17) is 4.74 Å². The number of benzene rings is 2. The van der Waals surface area contributed by atoms with Gasteiger partial charge in [-0.05, 0) is 31.5 Å². The zero-order chi connectivity index (χ0) is 14.5. The Morgan fingerprint density at radius 2 is 1.86 bits per heavy atom. The Kier molecular flexibility index (Phi) is 4.56. The largest absolute Gasteiger partial charge is 0.493 e. The predicted molar refractivity (Wildman–Crippen MR) is 86.8 cm³/mol. The topological polar surface area (TPSA) is 21.3 Å². The molecule has 0 aliphatic carbocycles. The first-order chi connectivity index (χ1) is 10.4. The van der Waals surface area contributed by atoms with Gasteiger partial charge >= 0.3 is 0 Å². The van der Waals surface area contributed by atoms with Crippen LogP contribution in [0.4, 0.5) is 0 Å². The highest BCUT2D eigenvalue weighted by atomic mass is 16.5. The fraction of sp³-hybridized carbons (Fsp3) is 0.368. The van der Waals surface area contributed by atoms with Crippen LogP contribution in [0.25, 0.3) is 0 Å². The van der Waals surface area contributed by atoms with Crippen molar-refractivity contribution in [3.05, 3.63) is 65.7 Å². The normalized spacial score (nSPS) is 18.0. The molecule has 0 aromatic heterocycles. The Balaban J connectivity index is 1.54. The number of hydrogen-bond acceptors (Lipinski definition) is 2. The number of nitrogens with one attached hydrogen (secondary N) is 1. The van der Waals surface area contributed by atoms with Gasteiger partial charge in [0.25, 0.3) is 0 Å². The van der Waals surface area contributed by atoms with E-state index in [1.165, 1.54) is 30.4 Å². The van der Waals surface area contributed by atoms with E-state index in [9.17, 15) is 0 Å². The summed E-state index contributed by atoms with van der Waals surface area (Å²) in [6, 6.07) is 19.6. The van der Waals surface area contributed by atoms with Crippen LogP contribution in [0.1, 0.15) is 42.3 Å². The Labute approximate surface area is 127 Å². The molecule has 0 spiro atoms. The Morgan fingerprint density at radius 1 is 1.10 bits per heavy atom. The van der Waals surface area contributed by atoms with Crippen LogP contribution in [0, 0.1) is 0 Å². The molecule has 1 aliphatic rings. The third-order valence-corrected chi connectivity index (χ3v) is 4.39. The quantitative estimate of drug-likeness (QED) is 0.852. The maximum Gasteiger partial charge on any atom is 0.122 e. The molecule has 0 amide bonds. The van der Waals surface area contributed by atoms with Gasteiger partial charge in [-0.1, -0.05) is 55.0 Å². The van der Waals surface area contributed by atoms with Crippen molar-refractivity contribution < 1.29 is 4.74 Å². The molecular formula is C19H23NO. The lowest BCUT2D eigenvalue weighted by molar-refractivity contribution is 0.320. The van der Waals surface area contributed by atoms with Gasteiger partial charge in [-0.15, -0.1) is 0 Å². The Morgan fingerprint density at radius 3 is 2.67 bits per heavy atom. The lowest BCUT2D eigenvalue weighted by atomic mass is 9.93. The van der Waals surface area contributed by atoms with Gasteiger partial charge in [0.05, 0.1) is 6.61 Å². The van der Waals surface area contributed by atoms with Gasteiger partial charge in [-0.2, -0.15) is 0 Å². The van der Waals surface area contributed by atoms with E-state index in [0.717, 1.165) is 12.4 Å². The van der Waals surface area contributed by atoms with E-state index in [1.54, 1.807) is 0 Å². The van der Waals surface area contributed by atoms with E-state index in [1.807, 2.05) is 13.1 Å². The van der Waals surface area contributed by atoms with Crippen LogP contribution in [0.2, 0.25) is 0 Å². The third-order valence-electron chi connectivity index (χ3n) is 4.39. The smallest absolute Gasteiger partial charge is 0.122 e. The number of fused-ring (bicyclic) bond motifs is 1. The molecular weight excluding hydrogens is 258 g/mol. The summed E-state index contributed by atoms with van der Waals surface area (Å²) in [6.45, 7) is 0.842. The Bertz CT molecular complexity index is 565. The minimum atomic E-state index is 0.448. The van der Waals surface area contributed by atoms with Crippen molar-refractivity contribution in [1.82, 2.24) is 5.32 Å². The fourth-order valence-corrected chi connectivity index (χ4v) is 3.20. The second-order valence-corrected chi connectivity index (χ2v) is 5.73. The number of rotatable bonds is 6. The van der Waals surface area contributed by atoms with E-state index in [0.29, 0.717) is 12.0 Å². The molecule has 0 saturated heterocycles. The molecule has 0 fully saturated rings. The summed E-state index contributed by atoms with van der Waals surface area (Å²) in [5, 5.41) is 3.43. The lowest BCUT2D eigenvalue weighted by Gasteiger charge is -2.17. The average molecular weight is 281 g/mol. The minimum Gasteiger partial charge on any atom is -0.493 e. The summed E-state index contributed by atoms with van der Waals surface area (Å²) >= 11 is 0. The van der Waals surface area contributed by atoms with Crippen LogP contribution >= 0.6 is 0 Å². The van der Waals surface area contributed by atoms with Crippen molar-refractivity contribution in [2.24, 2.45) is 0 Å². The maximum atomic E-state index is 5.76.